The summed E-state index contributed by atoms with van der Waals surface area (Å²) >= 11 is 0. The van der Waals surface area contributed by atoms with E-state index >= 15 is 0 Å². The fourth-order valence-corrected chi connectivity index (χ4v) is 1.54. The van der Waals surface area contributed by atoms with Crippen molar-refractivity contribution < 1.29 is 9.63 Å². The van der Waals surface area contributed by atoms with Gasteiger partial charge in [-0.3, -0.25) is 0 Å². The highest BCUT2D eigenvalue weighted by Gasteiger charge is 2.07. The first kappa shape index (κ1) is 10.8. The van der Waals surface area contributed by atoms with Gasteiger partial charge in [0.1, 0.15) is 0 Å². The fraction of sp³-hybridized carbons (Fsp3) is 0.333. The quantitative estimate of drug-likeness (QED) is 0.845. The van der Waals surface area contributed by atoms with Crippen molar-refractivity contribution in [3.05, 3.63) is 47.1 Å². The van der Waals surface area contributed by atoms with E-state index in [0.717, 1.165) is 0 Å². The predicted molar refractivity (Wildman–Crippen MR) is 59.1 cm³/mol. The maximum atomic E-state index is 8.74. The molecule has 1 N–H and O–H groups in total. The van der Waals surface area contributed by atoms with Crippen LogP contribution in [-0.4, -0.2) is 21.9 Å². The minimum Gasteiger partial charge on any atom is -0.396 e. The van der Waals surface area contributed by atoms with Gasteiger partial charge in [0.15, 0.2) is 5.82 Å². The molecule has 0 saturated heterocycles. The Labute approximate surface area is 93.9 Å². The van der Waals surface area contributed by atoms with Crippen LogP contribution in [0.3, 0.4) is 0 Å². The standard InChI is InChI=1S/C12H14N2O2/c1-9-4-2-3-5-10(9)8-11-13-12(6-7-15)16-14-11/h2-5,15H,6-8H2,1H3. The first-order valence-corrected chi connectivity index (χ1v) is 5.26. The van der Waals surface area contributed by atoms with Crippen LogP contribution in [0.2, 0.25) is 0 Å². The van der Waals surface area contributed by atoms with Crippen molar-refractivity contribution in [2.75, 3.05) is 6.61 Å². The van der Waals surface area contributed by atoms with Crippen molar-refractivity contribution >= 4 is 0 Å². The van der Waals surface area contributed by atoms with Crippen molar-refractivity contribution in [2.24, 2.45) is 0 Å². The third-order valence-electron chi connectivity index (χ3n) is 2.45. The van der Waals surface area contributed by atoms with Gasteiger partial charge in [-0.05, 0) is 18.1 Å². The average Bonchev–Trinajstić information content (AvgIpc) is 2.70. The Morgan fingerprint density at radius 3 is 2.88 bits per heavy atom. The van der Waals surface area contributed by atoms with Gasteiger partial charge in [-0.25, -0.2) is 0 Å². The number of aryl methyl sites for hydroxylation is 1. The minimum absolute atomic E-state index is 0.0337. The predicted octanol–water partition coefficient (Wildman–Crippen LogP) is 1.50. The summed E-state index contributed by atoms with van der Waals surface area (Å²) in [5.74, 6) is 1.16. The van der Waals surface area contributed by atoms with E-state index in [0.29, 0.717) is 24.6 Å². The zero-order valence-corrected chi connectivity index (χ0v) is 9.18. The lowest BCUT2D eigenvalue weighted by atomic mass is 10.1. The Balaban J connectivity index is 2.11. The van der Waals surface area contributed by atoms with Crippen LogP contribution in [0.1, 0.15) is 22.8 Å². The normalized spacial score (nSPS) is 10.6. The number of aliphatic hydroxyl groups is 1. The van der Waals surface area contributed by atoms with Crippen LogP contribution in [0.15, 0.2) is 28.8 Å². The maximum absolute atomic E-state index is 8.74. The summed E-state index contributed by atoms with van der Waals surface area (Å²) in [4.78, 5) is 4.20. The molecule has 0 aliphatic heterocycles. The zero-order valence-electron chi connectivity index (χ0n) is 9.18. The van der Waals surface area contributed by atoms with Gasteiger partial charge in [-0.2, -0.15) is 4.98 Å². The maximum Gasteiger partial charge on any atom is 0.228 e. The van der Waals surface area contributed by atoms with Gasteiger partial charge in [0, 0.05) is 6.42 Å². The van der Waals surface area contributed by atoms with Gasteiger partial charge in [-0.1, -0.05) is 29.4 Å². The molecule has 0 spiro atoms. The second-order valence-electron chi connectivity index (χ2n) is 3.68. The summed E-state index contributed by atoms with van der Waals surface area (Å²) < 4.78 is 5.00. The molecule has 0 unspecified atom stereocenters. The molecule has 0 aliphatic rings. The van der Waals surface area contributed by atoms with Crippen molar-refractivity contribution in [1.29, 1.82) is 0 Å². The Bertz CT molecular complexity index is 466. The Morgan fingerprint density at radius 1 is 1.31 bits per heavy atom. The summed E-state index contributed by atoms with van der Waals surface area (Å²) in [5, 5.41) is 12.6. The highest BCUT2D eigenvalue weighted by molar-refractivity contribution is 5.27. The van der Waals surface area contributed by atoms with Crippen LogP contribution < -0.4 is 0 Å². The lowest BCUT2D eigenvalue weighted by Crippen LogP contribution is -1.95. The number of nitrogens with zero attached hydrogens (tertiary/aromatic N) is 2. The molecule has 84 valence electrons. The zero-order chi connectivity index (χ0) is 11.4. The summed E-state index contributed by atoms with van der Waals surface area (Å²) in [6.07, 6.45) is 1.09. The largest absolute Gasteiger partial charge is 0.396 e. The highest BCUT2D eigenvalue weighted by atomic mass is 16.5. The molecule has 1 aromatic heterocycles. The summed E-state index contributed by atoms with van der Waals surface area (Å²) in [6, 6.07) is 8.12. The van der Waals surface area contributed by atoms with Gasteiger partial charge in [0.25, 0.3) is 0 Å². The van der Waals surface area contributed by atoms with Crippen LogP contribution in [0.5, 0.6) is 0 Å². The molecule has 2 aromatic rings. The molecular formula is C12H14N2O2. The topological polar surface area (TPSA) is 59.2 Å². The van der Waals surface area contributed by atoms with Gasteiger partial charge >= 0.3 is 0 Å². The number of hydrogen-bond donors (Lipinski definition) is 1. The summed E-state index contributed by atoms with van der Waals surface area (Å²) in [5.41, 5.74) is 2.41. The average molecular weight is 218 g/mol. The van der Waals surface area contributed by atoms with E-state index in [1.54, 1.807) is 0 Å². The molecule has 0 radical (unpaired) electrons. The first-order valence-electron chi connectivity index (χ1n) is 5.26. The molecule has 0 fully saturated rings. The van der Waals surface area contributed by atoms with E-state index < -0.39 is 0 Å². The second kappa shape index (κ2) is 4.90. The fourth-order valence-electron chi connectivity index (χ4n) is 1.54. The van der Waals surface area contributed by atoms with Crippen LogP contribution in [-0.2, 0) is 12.8 Å². The van der Waals surface area contributed by atoms with E-state index in [9.17, 15) is 0 Å². The molecule has 1 aromatic carbocycles. The van der Waals surface area contributed by atoms with E-state index in [2.05, 4.69) is 29.2 Å². The van der Waals surface area contributed by atoms with Crippen molar-refractivity contribution in [2.45, 2.75) is 19.8 Å². The van der Waals surface area contributed by atoms with Crippen LogP contribution in [0, 0.1) is 6.92 Å². The SMILES string of the molecule is Cc1ccccc1Cc1noc(CCO)n1. The third kappa shape index (κ3) is 2.46. The molecule has 2 rings (SSSR count). The molecule has 0 amide bonds. The lowest BCUT2D eigenvalue weighted by molar-refractivity contribution is 0.274. The summed E-state index contributed by atoms with van der Waals surface area (Å²) in [6.45, 7) is 2.09. The Hall–Kier alpha value is -1.68. The van der Waals surface area contributed by atoms with E-state index in [4.69, 9.17) is 9.63 Å². The van der Waals surface area contributed by atoms with Crippen LogP contribution in [0.4, 0.5) is 0 Å². The van der Waals surface area contributed by atoms with Gasteiger partial charge in [-0.15, -0.1) is 0 Å². The molecular weight excluding hydrogens is 204 g/mol. The molecule has 0 bridgehead atoms. The number of benzene rings is 1. The van der Waals surface area contributed by atoms with Crippen molar-refractivity contribution in [3.63, 3.8) is 0 Å². The third-order valence-corrected chi connectivity index (χ3v) is 2.45. The van der Waals surface area contributed by atoms with Crippen LogP contribution >= 0.6 is 0 Å². The van der Waals surface area contributed by atoms with Crippen molar-refractivity contribution in [1.82, 2.24) is 10.1 Å². The van der Waals surface area contributed by atoms with E-state index in [1.165, 1.54) is 11.1 Å². The number of rotatable bonds is 4. The van der Waals surface area contributed by atoms with E-state index in [1.807, 2.05) is 12.1 Å². The molecule has 4 nitrogen and oxygen atoms in total. The molecule has 1 heterocycles. The molecule has 4 heteroatoms. The smallest absolute Gasteiger partial charge is 0.228 e. The second-order valence-corrected chi connectivity index (χ2v) is 3.68. The number of aliphatic hydroxyl groups excluding tert-OH is 1. The van der Waals surface area contributed by atoms with Gasteiger partial charge < -0.3 is 9.63 Å². The minimum atomic E-state index is 0.0337. The molecule has 16 heavy (non-hydrogen) atoms. The van der Waals surface area contributed by atoms with E-state index in [-0.39, 0.29) is 6.61 Å². The van der Waals surface area contributed by atoms with Gasteiger partial charge in [0.05, 0.1) is 13.0 Å². The molecule has 0 saturated carbocycles. The number of aromatic nitrogens is 2. The molecule has 0 aliphatic carbocycles. The Morgan fingerprint density at radius 2 is 2.12 bits per heavy atom. The highest BCUT2D eigenvalue weighted by Crippen LogP contribution is 2.11. The lowest BCUT2D eigenvalue weighted by Gasteiger charge is -2.00. The molecule has 0 atom stereocenters. The van der Waals surface area contributed by atoms with Gasteiger partial charge in [0.2, 0.25) is 5.89 Å². The Kier molecular flexibility index (Phi) is 3.31. The monoisotopic (exact) mass is 218 g/mol. The summed E-state index contributed by atoms with van der Waals surface area (Å²) in [7, 11) is 0. The van der Waals surface area contributed by atoms with Crippen molar-refractivity contribution in [3.8, 4) is 0 Å². The number of hydrogen-bond acceptors (Lipinski definition) is 4. The first-order chi connectivity index (χ1) is 7.79. The van der Waals surface area contributed by atoms with Crippen LogP contribution in [0.25, 0.3) is 0 Å².